The fourth-order valence-electron chi connectivity index (χ4n) is 2.04. The molecule has 2 heterocycles. The smallest absolute Gasteiger partial charge is 0.416 e. The fraction of sp³-hybridized carbons (Fsp3) is 0.231. The first-order valence-electron chi connectivity index (χ1n) is 5.90. The molecule has 0 atom stereocenters. The average molecular weight is 260 g/mol. The number of nitrogens with zero attached hydrogens (tertiary/aromatic N) is 2. The van der Waals surface area contributed by atoms with Gasteiger partial charge in [-0.25, -0.2) is 9.36 Å². The number of anilines is 1. The number of benzene rings is 1. The van der Waals surface area contributed by atoms with Crippen LogP contribution >= 0.6 is 0 Å². The lowest BCUT2D eigenvalue weighted by Crippen LogP contribution is -2.41. The van der Waals surface area contributed by atoms with Crippen LogP contribution in [0.5, 0.6) is 0 Å². The summed E-state index contributed by atoms with van der Waals surface area (Å²) >= 11 is 0. The van der Waals surface area contributed by atoms with E-state index in [1.807, 2.05) is 0 Å². The Bertz CT molecular complexity index is 641. The van der Waals surface area contributed by atoms with Crippen LogP contribution in [0.25, 0.3) is 5.69 Å². The highest BCUT2D eigenvalue weighted by Crippen LogP contribution is 2.18. The van der Waals surface area contributed by atoms with E-state index in [1.54, 1.807) is 35.4 Å². The molecular formula is C13H12N2O4. The Hall–Kier alpha value is -2.34. The second-order valence-electron chi connectivity index (χ2n) is 4.15. The summed E-state index contributed by atoms with van der Waals surface area (Å²) in [5, 5.41) is 0. The Morgan fingerprint density at radius 1 is 1.05 bits per heavy atom. The van der Waals surface area contributed by atoms with Crippen LogP contribution in [0.1, 0.15) is 0 Å². The maximum absolute atomic E-state index is 11.7. The maximum atomic E-state index is 11.7. The number of ether oxygens (including phenoxy) is 1. The molecule has 0 spiro atoms. The molecular weight excluding hydrogens is 248 g/mol. The number of amides is 1. The van der Waals surface area contributed by atoms with Gasteiger partial charge in [-0.15, -0.1) is 0 Å². The summed E-state index contributed by atoms with van der Waals surface area (Å²) in [6.45, 7) is 1.20. The average Bonchev–Trinajstić information content (AvgIpc) is 2.86. The lowest BCUT2D eigenvalue weighted by Gasteiger charge is -2.26. The van der Waals surface area contributed by atoms with Crippen LogP contribution in [0, 0.1) is 0 Å². The Kier molecular flexibility index (Phi) is 2.92. The summed E-state index contributed by atoms with van der Waals surface area (Å²) in [4.78, 5) is 24.7. The molecule has 1 aromatic heterocycles. The van der Waals surface area contributed by atoms with E-state index in [0.29, 0.717) is 18.8 Å². The summed E-state index contributed by atoms with van der Waals surface area (Å²) in [6, 6.07) is 7.15. The van der Waals surface area contributed by atoms with Crippen molar-refractivity contribution >= 4 is 11.6 Å². The van der Waals surface area contributed by atoms with Gasteiger partial charge in [-0.3, -0.25) is 4.79 Å². The standard InChI is InChI=1S/C13H12N2O4/c16-12-9-18-7-5-14(12)10-1-3-11(4-2-10)15-6-8-19-13(15)17/h1-4,6,8H,5,7,9H2. The van der Waals surface area contributed by atoms with Crippen molar-refractivity contribution in [1.29, 1.82) is 0 Å². The van der Waals surface area contributed by atoms with Gasteiger partial charge in [0.25, 0.3) is 5.91 Å². The van der Waals surface area contributed by atoms with Gasteiger partial charge in [-0.05, 0) is 24.3 Å². The zero-order valence-corrected chi connectivity index (χ0v) is 10.1. The monoisotopic (exact) mass is 260 g/mol. The van der Waals surface area contributed by atoms with Crippen molar-refractivity contribution in [1.82, 2.24) is 4.57 Å². The molecule has 0 N–H and O–H groups in total. The first-order valence-corrected chi connectivity index (χ1v) is 5.90. The number of oxazole rings is 1. The van der Waals surface area contributed by atoms with E-state index in [2.05, 4.69) is 0 Å². The third kappa shape index (κ3) is 2.17. The van der Waals surface area contributed by atoms with Crippen LogP contribution in [0.4, 0.5) is 5.69 Å². The zero-order chi connectivity index (χ0) is 13.2. The molecule has 1 aromatic carbocycles. The maximum Gasteiger partial charge on any atom is 0.423 e. The Labute approximate surface area is 108 Å². The molecule has 1 amide bonds. The minimum absolute atomic E-state index is 0.0560. The van der Waals surface area contributed by atoms with Crippen LogP contribution in [-0.4, -0.2) is 30.2 Å². The molecule has 19 heavy (non-hydrogen) atoms. The molecule has 1 saturated heterocycles. The van der Waals surface area contributed by atoms with Gasteiger partial charge in [0.1, 0.15) is 12.9 Å². The van der Waals surface area contributed by atoms with Crippen LogP contribution in [0.15, 0.2) is 45.9 Å². The van der Waals surface area contributed by atoms with Crippen molar-refractivity contribution in [2.75, 3.05) is 24.7 Å². The molecule has 1 aliphatic heterocycles. The van der Waals surface area contributed by atoms with Gasteiger partial charge in [-0.1, -0.05) is 0 Å². The molecule has 0 unspecified atom stereocenters. The lowest BCUT2D eigenvalue weighted by atomic mass is 10.2. The van der Waals surface area contributed by atoms with Crippen molar-refractivity contribution in [2.45, 2.75) is 0 Å². The predicted octanol–water partition coefficient (Wildman–Crippen LogP) is 0.794. The van der Waals surface area contributed by atoms with E-state index in [0.717, 1.165) is 5.69 Å². The molecule has 0 aliphatic carbocycles. The van der Waals surface area contributed by atoms with Crippen molar-refractivity contribution in [3.8, 4) is 5.69 Å². The third-order valence-electron chi connectivity index (χ3n) is 3.00. The van der Waals surface area contributed by atoms with Crippen LogP contribution in [-0.2, 0) is 9.53 Å². The van der Waals surface area contributed by atoms with Gasteiger partial charge in [-0.2, -0.15) is 0 Å². The van der Waals surface area contributed by atoms with Gasteiger partial charge in [0.15, 0.2) is 0 Å². The van der Waals surface area contributed by atoms with E-state index < -0.39 is 5.76 Å². The number of rotatable bonds is 2. The van der Waals surface area contributed by atoms with Crippen molar-refractivity contribution in [3.63, 3.8) is 0 Å². The van der Waals surface area contributed by atoms with E-state index in [4.69, 9.17) is 9.15 Å². The van der Waals surface area contributed by atoms with Crippen LogP contribution in [0.2, 0.25) is 0 Å². The summed E-state index contributed by atoms with van der Waals surface area (Å²) in [7, 11) is 0. The molecule has 0 saturated carbocycles. The molecule has 98 valence electrons. The summed E-state index contributed by atoms with van der Waals surface area (Å²) in [5.41, 5.74) is 1.50. The first kappa shape index (κ1) is 11.7. The van der Waals surface area contributed by atoms with E-state index in [-0.39, 0.29) is 12.5 Å². The van der Waals surface area contributed by atoms with Gasteiger partial charge in [0, 0.05) is 12.2 Å². The molecule has 2 aromatic rings. The van der Waals surface area contributed by atoms with E-state index in [9.17, 15) is 9.59 Å². The molecule has 1 aliphatic rings. The SMILES string of the molecule is O=C1COCCN1c1ccc(-n2ccoc2=O)cc1. The molecule has 0 bridgehead atoms. The number of aromatic nitrogens is 1. The summed E-state index contributed by atoms with van der Waals surface area (Å²) < 4.78 is 11.2. The molecule has 0 radical (unpaired) electrons. The van der Waals surface area contributed by atoms with Gasteiger partial charge in [0.2, 0.25) is 0 Å². The van der Waals surface area contributed by atoms with Crippen molar-refractivity contribution < 1.29 is 13.9 Å². The predicted molar refractivity (Wildman–Crippen MR) is 67.5 cm³/mol. The van der Waals surface area contributed by atoms with E-state index in [1.165, 1.54) is 10.8 Å². The topological polar surface area (TPSA) is 64.7 Å². The minimum Gasteiger partial charge on any atom is -0.416 e. The summed E-state index contributed by atoms with van der Waals surface area (Å²) in [5.74, 6) is -0.491. The highest BCUT2D eigenvalue weighted by molar-refractivity contribution is 5.94. The first-order chi connectivity index (χ1) is 9.25. The second-order valence-corrected chi connectivity index (χ2v) is 4.15. The highest BCUT2D eigenvalue weighted by Gasteiger charge is 2.19. The van der Waals surface area contributed by atoms with Crippen LogP contribution < -0.4 is 10.7 Å². The number of carbonyl (C=O) groups excluding carboxylic acids is 1. The normalized spacial score (nSPS) is 15.8. The van der Waals surface area contributed by atoms with Gasteiger partial charge < -0.3 is 14.1 Å². The fourth-order valence-corrected chi connectivity index (χ4v) is 2.04. The second kappa shape index (κ2) is 4.74. The number of hydrogen-bond acceptors (Lipinski definition) is 4. The van der Waals surface area contributed by atoms with E-state index >= 15 is 0 Å². The molecule has 6 heteroatoms. The number of carbonyl (C=O) groups is 1. The lowest BCUT2D eigenvalue weighted by molar-refractivity contribution is -0.125. The molecule has 3 rings (SSSR count). The summed E-state index contributed by atoms with van der Waals surface area (Å²) in [6.07, 6.45) is 2.89. The quantitative estimate of drug-likeness (QED) is 0.801. The van der Waals surface area contributed by atoms with Crippen molar-refractivity contribution in [3.05, 3.63) is 47.3 Å². The van der Waals surface area contributed by atoms with Crippen molar-refractivity contribution in [2.24, 2.45) is 0 Å². The largest absolute Gasteiger partial charge is 0.423 e. The third-order valence-corrected chi connectivity index (χ3v) is 3.00. The number of morpholine rings is 1. The molecule has 6 nitrogen and oxygen atoms in total. The minimum atomic E-state index is -0.435. The van der Waals surface area contributed by atoms with Gasteiger partial charge in [0.05, 0.1) is 18.5 Å². The Morgan fingerprint density at radius 2 is 1.79 bits per heavy atom. The van der Waals surface area contributed by atoms with Crippen LogP contribution in [0.3, 0.4) is 0 Å². The Balaban J connectivity index is 1.89. The zero-order valence-electron chi connectivity index (χ0n) is 10.1. The highest BCUT2D eigenvalue weighted by atomic mass is 16.5. The molecule has 1 fully saturated rings. The Morgan fingerprint density at radius 3 is 2.42 bits per heavy atom. The number of hydrogen-bond donors (Lipinski definition) is 0. The van der Waals surface area contributed by atoms with Gasteiger partial charge >= 0.3 is 5.76 Å².